The van der Waals surface area contributed by atoms with E-state index < -0.39 is 5.60 Å². The molecule has 1 amide bonds. The van der Waals surface area contributed by atoms with Crippen molar-refractivity contribution in [3.63, 3.8) is 0 Å². The van der Waals surface area contributed by atoms with Crippen LogP contribution in [0.15, 0.2) is 30.3 Å². The Morgan fingerprint density at radius 3 is 2.62 bits per heavy atom. The first-order valence-corrected chi connectivity index (χ1v) is 8.64. The third kappa shape index (κ3) is 3.61. The smallest absolute Gasteiger partial charge is 0.410 e. The lowest BCUT2D eigenvalue weighted by Gasteiger charge is -2.28. The van der Waals surface area contributed by atoms with Gasteiger partial charge in [-0.3, -0.25) is 4.79 Å². The van der Waals surface area contributed by atoms with Gasteiger partial charge in [-0.1, -0.05) is 30.3 Å². The van der Waals surface area contributed by atoms with Gasteiger partial charge in [0, 0.05) is 43.9 Å². The maximum Gasteiger partial charge on any atom is 0.410 e. The van der Waals surface area contributed by atoms with E-state index in [9.17, 15) is 9.59 Å². The van der Waals surface area contributed by atoms with Gasteiger partial charge in [-0.15, -0.1) is 0 Å². The number of ether oxygens (including phenoxy) is 1. The Bertz CT molecular complexity index is 609. The number of Topliss-reactive ketones (excluding diaryl/α,β-unsaturated/α-hetero) is 1. The quantitative estimate of drug-likeness (QED) is 0.860. The average molecular weight is 330 g/mol. The number of carbonyl (C=O) groups excluding carboxylic acids is 2. The molecule has 0 bridgehead atoms. The average Bonchev–Trinajstić information content (AvgIpc) is 2.86. The zero-order valence-electron chi connectivity index (χ0n) is 14.6. The molecule has 0 spiro atoms. The van der Waals surface area contributed by atoms with Crippen LogP contribution in [0.3, 0.4) is 0 Å². The third-order valence-corrected chi connectivity index (χ3v) is 4.76. The van der Waals surface area contributed by atoms with Crippen LogP contribution in [-0.2, 0) is 9.53 Å². The number of nitrogens with zero attached hydrogens (tertiary/aromatic N) is 1. The molecule has 1 aromatic rings. The Balaban J connectivity index is 1.76. The van der Waals surface area contributed by atoms with E-state index in [4.69, 9.17) is 4.74 Å². The second-order valence-electron chi connectivity index (χ2n) is 7.70. The van der Waals surface area contributed by atoms with Gasteiger partial charge in [0.05, 0.1) is 0 Å². The van der Waals surface area contributed by atoms with Crippen LogP contribution < -0.4 is 5.32 Å². The summed E-state index contributed by atoms with van der Waals surface area (Å²) in [5.41, 5.74) is 0.666. The van der Waals surface area contributed by atoms with Gasteiger partial charge in [-0.2, -0.15) is 0 Å². The Morgan fingerprint density at radius 2 is 1.96 bits per heavy atom. The number of rotatable bonds is 1. The van der Waals surface area contributed by atoms with E-state index >= 15 is 0 Å². The van der Waals surface area contributed by atoms with E-state index in [0.29, 0.717) is 19.5 Å². The van der Waals surface area contributed by atoms with Crippen molar-refractivity contribution in [3.05, 3.63) is 35.9 Å². The molecule has 0 aromatic heterocycles. The molecular weight excluding hydrogens is 304 g/mol. The summed E-state index contributed by atoms with van der Waals surface area (Å²) >= 11 is 0. The molecule has 0 aliphatic carbocycles. The molecule has 1 aromatic carbocycles. The summed E-state index contributed by atoms with van der Waals surface area (Å²) in [5.74, 6) is 0.354. The van der Waals surface area contributed by atoms with Crippen LogP contribution in [0.1, 0.15) is 38.7 Å². The monoisotopic (exact) mass is 330 g/mol. The van der Waals surface area contributed by atoms with Crippen LogP contribution in [0.5, 0.6) is 0 Å². The highest BCUT2D eigenvalue weighted by Crippen LogP contribution is 2.35. The van der Waals surface area contributed by atoms with Gasteiger partial charge in [0.2, 0.25) is 0 Å². The zero-order chi connectivity index (χ0) is 17.3. The normalized spacial score (nSPS) is 27.5. The highest BCUT2D eigenvalue weighted by molar-refractivity contribution is 5.84. The molecule has 2 fully saturated rings. The molecule has 1 N–H and O–H groups in total. The summed E-state index contributed by atoms with van der Waals surface area (Å²) in [6.45, 7) is 7.30. The van der Waals surface area contributed by atoms with E-state index in [1.165, 1.54) is 5.56 Å². The number of nitrogens with one attached hydrogen (secondary N) is 1. The van der Waals surface area contributed by atoms with Crippen LogP contribution in [0, 0.1) is 5.92 Å². The number of amides is 1. The largest absolute Gasteiger partial charge is 0.444 e. The molecule has 3 rings (SSSR count). The molecule has 130 valence electrons. The molecule has 2 aliphatic heterocycles. The molecule has 0 saturated carbocycles. The SMILES string of the molecule is CC(C)(C)OC(=O)N1CCC(=O)[C@@H]2[C@H](C1)NC[C@H]2c1ccccc1. The van der Waals surface area contributed by atoms with Crippen molar-refractivity contribution < 1.29 is 14.3 Å². The van der Waals surface area contributed by atoms with Gasteiger partial charge in [0.25, 0.3) is 0 Å². The molecule has 2 aliphatic rings. The van der Waals surface area contributed by atoms with Gasteiger partial charge in [0.1, 0.15) is 11.4 Å². The minimum atomic E-state index is -0.525. The first-order chi connectivity index (χ1) is 11.3. The standard InChI is InChI=1S/C19H26N2O3/c1-19(2,3)24-18(23)21-10-9-16(22)17-14(11-20-15(17)12-21)13-7-5-4-6-8-13/h4-8,14-15,17,20H,9-12H2,1-3H3/t14-,15-,17-/m0/s1. The fourth-order valence-corrected chi connectivity index (χ4v) is 3.70. The number of carbonyl (C=O) groups is 2. The molecule has 0 radical (unpaired) electrons. The minimum absolute atomic E-state index is 0.00211. The predicted octanol–water partition coefficient (Wildman–Crippen LogP) is 2.57. The maximum atomic E-state index is 12.7. The zero-order valence-corrected chi connectivity index (χ0v) is 14.6. The van der Waals surface area contributed by atoms with Gasteiger partial charge in [-0.25, -0.2) is 4.79 Å². The van der Waals surface area contributed by atoms with Crippen molar-refractivity contribution in [2.24, 2.45) is 5.92 Å². The van der Waals surface area contributed by atoms with Crippen molar-refractivity contribution in [2.45, 2.75) is 44.8 Å². The van der Waals surface area contributed by atoms with Gasteiger partial charge in [0.15, 0.2) is 0 Å². The molecule has 3 atom stereocenters. The van der Waals surface area contributed by atoms with Crippen LogP contribution in [-0.4, -0.2) is 48.1 Å². The second-order valence-corrected chi connectivity index (χ2v) is 7.70. The first-order valence-electron chi connectivity index (χ1n) is 8.64. The van der Waals surface area contributed by atoms with Crippen molar-refractivity contribution in [3.8, 4) is 0 Å². The van der Waals surface area contributed by atoms with Crippen LogP contribution >= 0.6 is 0 Å². The van der Waals surface area contributed by atoms with E-state index in [1.807, 2.05) is 39.0 Å². The van der Waals surface area contributed by atoms with Gasteiger partial charge in [-0.05, 0) is 26.3 Å². The number of fused-ring (bicyclic) bond motifs is 1. The van der Waals surface area contributed by atoms with Crippen molar-refractivity contribution in [1.29, 1.82) is 0 Å². The summed E-state index contributed by atoms with van der Waals surface area (Å²) in [6.07, 6.45) is 0.0618. The van der Waals surface area contributed by atoms with Crippen molar-refractivity contribution in [1.82, 2.24) is 10.2 Å². The van der Waals surface area contributed by atoms with Crippen molar-refractivity contribution >= 4 is 11.9 Å². The lowest BCUT2D eigenvalue weighted by molar-refractivity contribution is -0.122. The lowest BCUT2D eigenvalue weighted by atomic mass is 9.82. The first kappa shape index (κ1) is 17.0. The topological polar surface area (TPSA) is 58.6 Å². The van der Waals surface area contributed by atoms with E-state index in [2.05, 4.69) is 17.4 Å². The molecular formula is C19H26N2O3. The molecule has 5 nitrogen and oxygen atoms in total. The number of benzene rings is 1. The maximum absolute atomic E-state index is 12.7. The number of likely N-dealkylation sites (tertiary alicyclic amines) is 1. The van der Waals surface area contributed by atoms with Gasteiger partial charge < -0.3 is 15.0 Å². The second kappa shape index (κ2) is 6.55. The third-order valence-electron chi connectivity index (χ3n) is 4.76. The Morgan fingerprint density at radius 1 is 1.25 bits per heavy atom. The highest BCUT2D eigenvalue weighted by atomic mass is 16.6. The summed E-state index contributed by atoms with van der Waals surface area (Å²) in [7, 11) is 0. The Labute approximate surface area is 143 Å². The summed E-state index contributed by atoms with van der Waals surface area (Å²) in [6, 6.07) is 10.2. The fourth-order valence-electron chi connectivity index (χ4n) is 3.70. The Kier molecular flexibility index (Phi) is 4.63. The molecule has 2 heterocycles. The van der Waals surface area contributed by atoms with E-state index in [1.54, 1.807) is 4.90 Å². The van der Waals surface area contributed by atoms with Crippen molar-refractivity contribution in [2.75, 3.05) is 19.6 Å². The molecule has 5 heteroatoms. The molecule has 0 unspecified atom stereocenters. The number of ketones is 1. The van der Waals surface area contributed by atoms with Crippen LogP contribution in [0.2, 0.25) is 0 Å². The fraction of sp³-hybridized carbons (Fsp3) is 0.579. The van der Waals surface area contributed by atoms with E-state index in [0.717, 1.165) is 6.54 Å². The Hall–Kier alpha value is -1.88. The predicted molar refractivity (Wildman–Crippen MR) is 91.9 cm³/mol. The lowest BCUT2D eigenvalue weighted by Crippen LogP contribution is -2.44. The van der Waals surface area contributed by atoms with Crippen LogP contribution in [0.25, 0.3) is 0 Å². The minimum Gasteiger partial charge on any atom is -0.444 e. The number of hydrogen-bond donors (Lipinski definition) is 1. The van der Waals surface area contributed by atoms with E-state index in [-0.39, 0.29) is 29.8 Å². The van der Waals surface area contributed by atoms with Gasteiger partial charge >= 0.3 is 6.09 Å². The van der Waals surface area contributed by atoms with Crippen LogP contribution in [0.4, 0.5) is 4.79 Å². The summed E-state index contributed by atoms with van der Waals surface area (Å²) < 4.78 is 5.48. The molecule has 2 saturated heterocycles. The highest BCUT2D eigenvalue weighted by Gasteiger charge is 2.44. The molecule has 24 heavy (non-hydrogen) atoms. The summed E-state index contributed by atoms with van der Waals surface area (Å²) in [4.78, 5) is 26.8. The number of hydrogen-bond acceptors (Lipinski definition) is 4. The summed E-state index contributed by atoms with van der Waals surface area (Å²) in [5, 5.41) is 3.45.